The Morgan fingerprint density at radius 1 is 1.23 bits per heavy atom. The van der Waals surface area contributed by atoms with Crippen molar-refractivity contribution < 1.29 is 9.53 Å². The third-order valence-electron chi connectivity index (χ3n) is 3.94. The van der Waals surface area contributed by atoms with Crippen LogP contribution >= 0.6 is 0 Å². The summed E-state index contributed by atoms with van der Waals surface area (Å²) < 4.78 is 7.14. The number of hydrogen-bond donors (Lipinski definition) is 1. The minimum atomic E-state index is -0.446. The molecule has 0 radical (unpaired) electrons. The van der Waals surface area contributed by atoms with Crippen LogP contribution in [0.15, 0.2) is 48.5 Å². The average molecular weight is 347 g/mol. The predicted molar refractivity (Wildman–Crippen MR) is 102 cm³/mol. The zero-order valence-electron chi connectivity index (χ0n) is 15.0. The van der Waals surface area contributed by atoms with Gasteiger partial charge in [0.1, 0.15) is 5.82 Å². The molecule has 0 saturated carbocycles. The third kappa shape index (κ3) is 4.22. The van der Waals surface area contributed by atoms with Crippen LogP contribution in [0.2, 0.25) is 0 Å². The van der Waals surface area contributed by atoms with E-state index in [2.05, 4.69) is 38.8 Å². The molecule has 0 atom stereocenters. The number of carbonyl (C=O) groups is 1. The van der Waals surface area contributed by atoms with Gasteiger partial charge in [0.2, 0.25) is 0 Å². The van der Waals surface area contributed by atoms with E-state index in [0.29, 0.717) is 6.54 Å². The number of carbonyl (C=O) groups excluding carboxylic acids is 1. The number of ether oxygens (including phenoxy) is 1. The number of benzene rings is 2. The molecule has 2 aromatic carbocycles. The van der Waals surface area contributed by atoms with E-state index in [1.165, 1.54) is 0 Å². The van der Waals surface area contributed by atoms with E-state index in [-0.39, 0.29) is 6.61 Å². The molecule has 1 amide bonds. The lowest BCUT2D eigenvalue weighted by molar-refractivity contribution is 0.160. The van der Waals surface area contributed by atoms with Crippen molar-refractivity contribution in [1.29, 1.82) is 0 Å². The van der Waals surface area contributed by atoms with Crippen LogP contribution in [0.3, 0.4) is 0 Å². The molecule has 26 heavy (non-hydrogen) atoms. The van der Waals surface area contributed by atoms with Crippen molar-refractivity contribution in [2.45, 2.75) is 20.4 Å². The Bertz CT molecular complexity index is 980. The SMILES string of the molecule is CCNC(=O)OCC#Cc1cccc(Cn2c(C)nc3ccccc32)c1. The molecule has 0 bridgehead atoms. The molecule has 132 valence electrons. The highest BCUT2D eigenvalue weighted by Crippen LogP contribution is 2.17. The van der Waals surface area contributed by atoms with Crippen molar-refractivity contribution in [2.24, 2.45) is 0 Å². The van der Waals surface area contributed by atoms with Gasteiger partial charge in [0, 0.05) is 18.7 Å². The number of nitrogens with zero attached hydrogens (tertiary/aromatic N) is 2. The van der Waals surface area contributed by atoms with E-state index in [9.17, 15) is 4.79 Å². The van der Waals surface area contributed by atoms with Crippen LogP contribution in [-0.2, 0) is 11.3 Å². The first-order chi connectivity index (χ1) is 12.7. The Hall–Kier alpha value is -3.26. The van der Waals surface area contributed by atoms with Crippen LogP contribution in [0.5, 0.6) is 0 Å². The van der Waals surface area contributed by atoms with Gasteiger partial charge >= 0.3 is 6.09 Å². The van der Waals surface area contributed by atoms with Gasteiger partial charge in [0.25, 0.3) is 0 Å². The molecule has 1 aromatic heterocycles. The summed E-state index contributed by atoms with van der Waals surface area (Å²) in [7, 11) is 0. The lowest BCUT2D eigenvalue weighted by atomic mass is 10.1. The van der Waals surface area contributed by atoms with Gasteiger partial charge < -0.3 is 14.6 Å². The minimum absolute atomic E-state index is 0.0708. The van der Waals surface area contributed by atoms with Gasteiger partial charge in [-0.1, -0.05) is 36.1 Å². The molecule has 0 aliphatic heterocycles. The van der Waals surface area contributed by atoms with Crippen molar-refractivity contribution in [3.05, 3.63) is 65.5 Å². The second-order valence-corrected chi connectivity index (χ2v) is 5.84. The summed E-state index contributed by atoms with van der Waals surface area (Å²) in [5, 5.41) is 2.56. The summed E-state index contributed by atoms with van der Waals surface area (Å²) in [4.78, 5) is 15.8. The largest absolute Gasteiger partial charge is 0.436 e. The first-order valence-electron chi connectivity index (χ1n) is 8.57. The van der Waals surface area contributed by atoms with Gasteiger partial charge in [-0.05, 0) is 43.7 Å². The quantitative estimate of drug-likeness (QED) is 0.735. The second-order valence-electron chi connectivity index (χ2n) is 5.84. The summed E-state index contributed by atoms with van der Waals surface area (Å²) in [5.74, 6) is 6.88. The summed E-state index contributed by atoms with van der Waals surface area (Å²) in [6.07, 6.45) is -0.446. The third-order valence-corrected chi connectivity index (χ3v) is 3.94. The van der Waals surface area contributed by atoms with Crippen LogP contribution in [0.1, 0.15) is 23.9 Å². The standard InChI is InChI=1S/C21H21N3O2/c1-3-22-21(25)26-13-7-10-17-8-6-9-18(14-17)15-24-16(2)23-19-11-4-5-12-20(19)24/h4-6,8-9,11-12,14H,3,13,15H2,1-2H3,(H,22,25). The van der Waals surface area contributed by atoms with Gasteiger partial charge in [0.15, 0.2) is 6.61 Å². The maximum atomic E-state index is 11.2. The number of hydrogen-bond acceptors (Lipinski definition) is 3. The predicted octanol–water partition coefficient (Wildman–Crippen LogP) is 3.49. The van der Waals surface area contributed by atoms with E-state index in [1.54, 1.807) is 0 Å². The van der Waals surface area contributed by atoms with E-state index in [1.807, 2.05) is 50.2 Å². The first kappa shape index (κ1) is 17.6. The normalized spacial score (nSPS) is 10.2. The highest BCUT2D eigenvalue weighted by Gasteiger charge is 2.07. The molecule has 0 saturated heterocycles. The molecule has 1 N–H and O–H groups in total. The van der Waals surface area contributed by atoms with Gasteiger partial charge in [-0.15, -0.1) is 0 Å². The van der Waals surface area contributed by atoms with Crippen LogP contribution in [0.4, 0.5) is 4.79 Å². The second kappa shape index (κ2) is 8.21. The molecular formula is C21H21N3O2. The number of fused-ring (bicyclic) bond motifs is 1. The molecule has 5 nitrogen and oxygen atoms in total. The molecule has 0 aliphatic rings. The molecule has 3 aromatic rings. The number of aromatic nitrogens is 2. The summed E-state index contributed by atoms with van der Waals surface area (Å²) in [6, 6.07) is 16.2. The van der Waals surface area contributed by atoms with Crippen molar-refractivity contribution >= 4 is 17.1 Å². The number of alkyl carbamates (subject to hydrolysis) is 1. The molecule has 5 heteroatoms. The van der Waals surface area contributed by atoms with E-state index >= 15 is 0 Å². The topological polar surface area (TPSA) is 56.1 Å². The molecule has 0 spiro atoms. The van der Waals surface area contributed by atoms with Crippen LogP contribution < -0.4 is 5.32 Å². The maximum Gasteiger partial charge on any atom is 0.408 e. The zero-order valence-corrected chi connectivity index (χ0v) is 15.0. The number of aryl methyl sites for hydroxylation is 1. The Morgan fingerprint density at radius 3 is 2.92 bits per heavy atom. The molecular weight excluding hydrogens is 326 g/mol. The molecule has 3 rings (SSSR count). The average Bonchev–Trinajstić information content (AvgIpc) is 2.95. The molecule has 1 heterocycles. The number of amides is 1. The minimum Gasteiger partial charge on any atom is -0.436 e. The highest BCUT2D eigenvalue weighted by molar-refractivity contribution is 5.76. The van der Waals surface area contributed by atoms with Gasteiger partial charge in [-0.3, -0.25) is 0 Å². The lowest BCUT2D eigenvalue weighted by Crippen LogP contribution is -2.23. The van der Waals surface area contributed by atoms with Crippen molar-refractivity contribution in [2.75, 3.05) is 13.2 Å². The van der Waals surface area contributed by atoms with Gasteiger partial charge in [-0.25, -0.2) is 9.78 Å². The molecule has 0 aliphatic carbocycles. The Labute approximate surface area is 153 Å². The van der Waals surface area contributed by atoms with Gasteiger partial charge in [0.05, 0.1) is 11.0 Å². The Balaban J connectivity index is 1.72. The van der Waals surface area contributed by atoms with Crippen molar-refractivity contribution in [3.63, 3.8) is 0 Å². The van der Waals surface area contributed by atoms with Crippen LogP contribution in [0.25, 0.3) is 11.0 Å². The zero-order chi connectivity index (χ0) is 18.4. The summed E-state index contributed by atoms with van der Waals surface area (Å²) in [5.41, 5.74) is 4.16. The summed E-state index contributed by atoms with van der Waals surface area (Å²) >= 11 is 0. The Morgan fingerprint density at radius 2 is 2.08 bits per heavy atom. The molecule has 0 unspecified atom stereocenters. The fraction of sp³-hybridized carbons (Fsp3) is 0.238. The highest BCUT2D eigenvalue weighted by atomic mass is 16.5. The fourth-order valence-corrected chi connectivity index (χ4v) is 2.76. The first-order valence-corrected chi connectivity index (χ1v) is 8.57. The van der Waals surface area contributed by atoms with Gasteiger partial charge in [-0.2, -0.15) is 0 Å². The van der Waals surface area contributed by atoms with Crippen LogP contribution in [-0.4, -0.2) is 28.8 Å². The number of imidazole rings is 1. The van der Waals surface area contributed by atoms with Crippen LogP contribution in [0, 0.1) is 18.8 Å². The van der Waals surface area contributed by atoms with E-state index in [0.717, 1.165) is 34.5 Å². The number of rotatable bonds is 4. The lowest BCUT2D eigenvalue weighted by Gasteiger charge is -2.07. The van der Waals surface area contributed by atoms with Crippen molar-refractivity contribution in [1.82, 2.24) is 14.9 Å². The summed E-state index contributed by atoms with van der Waals surface area (Å²) in [6.45, 7) is 5.20. The number of nitrogens with one attached hydrogen (secondary N) is 1. The van der Waals surface area contributed by atoms with E-state index < -0.39 is 6.09 Å². The van der Waals surface area contributed by atoms with Crippen molar-refractivity contribution in [3.8, 4) is 11.8 Å². The number of para-hydroxylation sites is 2. The maximum absolute atomic E-state index is 11.2. The smallest absolute Gasteiger partial charge is 0.408 e. The monoisotopic (exact) mass is 347 g/mol. The fourth-order valence-electron chi connectivity index (χ4n) is 2.76. The molecule has 0 fully saturated rings. The Kier molecular flexibility index (Phi) is 5.55. The van der Waals surface area contributed by atoms with E-state index in [4.69, 9.17) is 4.74 Å².